The van der Waals surface area contributed by atoms with Crippen molar-refractivity contribution in [3.8, 4) is 0 Å². The van der Waals surface area contributed by atoms with Gasteiger partial charge < -0.3 is 10.2 Å². The second kappa shape index (κ2) is 5.36. The highest BCUT2D eigenvalue weighted by Crippen LogP contribution is 2.36. The van der Waals surface area contributed by atoms with Gasteiger partial charge in [-0.25, -0.2) is 0 Å². The van der Waals surface area contributed by atoms with E-state index in [0.717, 1.165) is 45.6 Å². The zero-order valence-corrected chi connectivity index (χ0v) is 11.2. The predicted molar refractivity (Wildman–Crippen MR) is 69.0 cm³/mol. The van der Waals surface area contributed by atoms with E-state index in [4.69, 9.17) is 0 Å². The van der Waals surface area contributed by atoms with Crippen LogP contribution < -0.4 is 5.32 Å². The fourth-order valence-corrected chi connectivity index (χ4v) is 3.18. The van der Waals surface area contributed by atoms with Crippen LogP contribution in [0.2, 0.25) is 0 Å². The van der Waals surface area contributed by atoms with Crippen LogP contribution in [0.25, 0.3) is 0 Å². The van der Waals surface area contributed by atoms with E-state index in [1.54, 1.807) is 0 Å². The zero-order valence-electron chi connectivity index (χ0n) is 11.2. The molecule has 0 spiro atoms. The van der Waals surface area contributed by atoms with E-state index >= 15 is 0 Å². The quantitative estimate of drug-likeness (QED) is 0.787. The first-order chi connectivity index (χ1) is 8.20. The van der Waals surface area contributed by atoms with E-state index in [2.05, 4.69) is 29.1 Å². The second-order valence-electron chi connectivity index (χ2n) is 5.30. The standard InChI is InChI=1S/C13H25N3O/c1-3-15(2)13(6-4-5-7-13)12(17)16-10-8-14-9-11-16/h14H,3-11H2,1-2H3. The molecule has 0 aromatic heterocycles. The summed E-state index contributed by atoms with van der Waals surface area (Å²) in [6.07, 6.45) is 4.48. The van der Waals surface area contributed by atoms with Gasteiger partial charge in [-0.15, -0.1) is 0 Å². The van der Waals surface area contributed by atoms with Gasteiger partial charge in [0.05, 0.1) is 0 Å². The Kier molecular flexibility index (Phi) is 4.05. The molecular weight excluding hydrogens is 214 g/mol. The normalized spacial score (nSPS) is 24.3. The zero-order chi connectivity index (χ0) is 12.3. The monoisotopic (exact) mass is 239 g/mol. The van der Waals surface area contributed by atoms with Crippen LogP contribution in [0.5, 0.6) is 0 Å². The van der Waals surface area contributed by atoms with E-state index in [0.29, 0.717) is 5.91 Å². The molecule has 98 valence electrons. The molecule has 1 heterocycles. The van der Waals surface area contributed by atoms with Gasteiger partial charge in [0.15, 0.2) is 0 Å². The van der Waals surface area contributed by atoms with Crippen LogP contribution in [0.1, 0.15) is 32.6 Å². The fourth-order valence-electron chi connectivity index (χ4n) is 3.18. The maximum Gasteiger partial charge on any atom is 0.243 e. The van der Waals surface area contributed by atoms with Crippen molar-refractivity contribution in [3.63, 3.8) is 0 Å². The van der Waals surface area contributed by atoms with Crippen molar-refractivity contribution >= 4 is 5.91 Å². The number of piperazine rings is 1. The Morgan fingerprint density at radius 3 is 2.41 bits per heavy atom. The van der Waals surface area contributed by atoms with Gasteiger partial charge in [0.25, 0.3) is 0 Å². The summed E-state index contributed by atoms with van der Waals surface area (Å²) < 4.78 is 0. The lowest BCUT2D eigenvalue weighted by Gasteiger charge is -2.41. The summed E-state index contributed by atoms with van der Waals surface area (Å²) >= 11 is 0. The van der Waals surface area contributed by atoms with E-state index in [-0.39, 0.29) is 5.54 Å². The van der Waals surface area contributed by atoms with Gasteiger partial charge in [0, 0.05) is 26.2 Å². The van der Waals surface area contributed by atoms with Crippen LogP contribution in [0.3, 0.4) is 0 Å². The lowest BCUT2D eigenvalue weighted by Crippen LogP contribution is -2.60. The number of nitrogens with one attached hydrogen (secondary N) is 1. The van der Waals surface area contributed by atoms with Crippen molar-refractivity contribution in [1.29, 1.82) is 0 Å². The molecule has 1 amide bonds. The van der Waals surface area contributed by atoms with Gasteiger partial charge >= 0.3 is 0 Å². The molecule has 2 rings (SSSR count). The molecule has 1 aliphatic heterocycles. The summed E-state index contributed by atoms with van der Waals surface area (Å²) in [5, 5.41) is 3.31. The molecule has 4 heteroatoms. The number of nitrogens with zero attached hydrogens (tertiary/aromatic N) is 2. The summed E-state index contributed by atoms with van der Waals surface area (Å²) in [4.78, 5) is 17.1. The van der Waals surface area contributed by atoms with Crippen molar-refractivity contribution in [2.45, 2.75) is 38.1 Å². The van der Waals surface area contributed by atoms with Crippen LogP contribution in [-0.4, -0.2) is 61.0 Å². The number of hydrogen-bond acceptors (Lipinski definition) is 3. The largest absolute Gasteiger partial charge is 0.339 e. The Bertz CT molecular complexity index is 268. The average Bonchev–Trinajstić information content (AvgIpc) is 2.88. The van der Waals surface area contributed by atoms with Crippen molar-refractivity contribution in [3.05, 3.63) is 0 Å². The number of likely N-dealkylation sites (N-methyl/N-ethyl adjacent to an activating group) is 1. The third-order valence-corrected chi connectivity index (χ3v) is 4.44. The Hall–Kier alpha value is -0.610. The molecule has 0 atom stereocenters. The Morgan fingerprint density at radius 2 is 1.88 bits per heavy atom. The molecule has 2 fully saturated rings. The highest BCUT2D eigenvalue weighted by molar-refractivity contribution is 5.86. The lowest BCUT2D eigenvalue weighted by molar-refractivity contribution is -0.144. The SMILES string of the molecule is CCN(C)C1(C(=O)N2CCNCC2)CCCC1. The van der Waals surface area contributed by atoms with Crippen molar-refractivity contribution in [2.75, 3.05) is 39.8 Å². The van der Waals surface area contributed by atoms with Gasteiger partial charge in [-0.05, 0) is 26.4 Å². The average molecular weight is 239 g/mol. The summed E-state index contributed by atoms with van der Waals surface area (Å²) in [5.41, 5.74) is -0.188. The molecule has 0 aromatic carbocycles. The Morgan fingerprint density at radius 1 is 1.29 bits per heavy atom. The third kappa shape index (κ3) is 2.33. The molecule has 17 heavy (non-hydrogen) atoms. The Balaban J connectivity index is 2.12. The first kappa shape index (κ1) is 12.8. The van der Waals surface area contributed by atoms with Gasteiger partial charge in [-0.2, -0.15) is 0 Å². The summed E-state index contributed by atoms with van der Waals surface area (Å²) in [5.74, 6) is 0.376. The molecular formula is C13H25N3O. The van der Waals surface area contributed by atoms with Crippen LogP contribution in [0.4, 0.5) is 0 Å². The topological polar surface area (TPSA) is 35.6 Å². The summed E-state index contributed by atoms with van der Waals surface area (Å²) in [7, 11) is 2.10. The first-order valence-corrected chi connectivity index (χ1v) is 6.92. The van der Waals surface area contributed by atoms with Crippen molar-refractivity contribution in [1.82, 2.24) is 15.1 Å². The molecule has 1 saturated heterocycles. The van der Waals surface area contributed by atoms with Crippen LogP contribution >= 0.6 is 0 Å². The highest BCUT2D eigenvalue weighted by atomic mass is 16.2. The molecule has 2 aliphatic rings. The van der Waals surface area contributed by atoms with E-state index in [1.165, 1.54) is 12.8 Å². The summed E-state index contributed by atoms with van der Waals surface area (Å²) in [6.45, 7) is 6.73. The number of amides is 1. The number of rotatable bonds is 3. The first-order valence-electron chi connectivity index (χ1n) is 6.92. The van der Waals surface area contributed by atoms with Gasteiger partial charge in [-0.3, -0.25) is 9.69 Å². The van der Waals surface area contributed by atoms with Crippen molar-refractivity contribution in [2.24, 2.45) is 0 Å². The molecule has 0 bridgehead atoms. The highest BCUT2D eigenvalue weighted by Gasteiger charge is 2.46. The third-order valence-electron chi connectivity index (χ3n) is 4.44. The molecule has 4 nitrogen and oxygen atoms in total. The molecule has 1 N–H and O–H groups in total. The number of hydrogen-bond donors (Lipinski definition) is 1. The predicted octanol–water partition coefficient (Wildman–Crippen LogP) is 0.683. The number of carbonyl (C=O) groups excluding carboxylic acids is 1. The minimum Gasteiger partial charge on any atom is -0.339 e. The smallest absolute Gasteiger partial charge is 0.243 e. The molecule has 0 unspecified atom stereocenters. The van der Waals surface area contributed by atoms with E-state index < -0.39 is 0 Å². The Labute approximate surface area is 104 Å². The minimum absolute atomic E-state index is 0.188. The van der Waals surface area contributed by atoms with Crippen LogP contribution in [0, 0.1) is 0 Å². The van der Waals surface area contributed by atoms with E-state index in [9.17, 15) is 4.79 Å². The fraction of sp³-hybridized carbons (Fsp3) is 0.923. The number of carbonyl (C=O) groups is 1. The van der Waals surface area contributed by atoms with Crippen LogP contribution in [-0.2, 0) is 4.79 Å². The second-order valence-corrected chi connectivity index (χ2v) is 5.30. The molecule has 0 aromatic rings. The van der Waals surface area contributed by atoms with Gasteiger partial charge in [-0.1, -0.05) is 19.8 Å². The summed E-state index contributed by atoms with van der Waals surface area (Å²) in [6, 6.07) is 0. The molecule has 0 radical (unpaired) electrons. The molecule has 1 saturated carbocycles. The maximum atomic E-state index is 12.8. The van der Waals surface area contributed by atoms with Gasteiger partial charge in [0.1, 0.15) is 5.54 Å². The minimum atomic E-state index is -0.188. The molecule has 1 aliphatic carbocycles. The van der Waals surface area contributed by atoms with Crippen LogP contribution in [0.15, 0.2) is 0 Å². The van der Waals surface area contributed by atoms with Gasteiger partial charge in [0.2, 0.25) is 5.91 Å². The van der Waals surface area contributed by atoms with E-state index in [1.807, 2.05) is 0 Å². The van der Waals surface area contributed by atoms with Crippen molar-refractivity contribution < 1.29 is 4.79 Å². The lowest BCUT2D eigenvalue weighted by atomic mass is 9.93. The maximum absolute atomic E-state index is 12.8.